The number of rotatable bonds is 4. The molecule has 1 unspecified atom stereocenters. The predicted octanol–water partition coefficient (Wildman–Crippen LogP) is 4.16. The molecule has 0 aromatic carbocycles. The van der Waals surface area contributed by atoms with Gasteiger partial charge in [0, 0.05) is 36.2 Å². The average molecular weight is 308 g/mol. The van der Waals surface area contributed by atoms with E-state index in [2.05, 4.69) is 43.0 Å². The number of carbonyl (C=O) groups excluding carboxylic acids is 1. The van der Waals surface area contributed by atoms with Crippen LogP contribution in [0.3, 0.4) is 0 Å². The second-order valence-corrected chi connectivity index (χ2v) is 7.96. The van der Waals surface area contributed by atoms with Gasteiger partial charge in [0.2, 0.25) is 5.91 Å². The lowest BCUT2D eigenvalue weighted by molar-refractivity contribution is -0.134. The maximum atomic E-state index is 12.4. The number of amides is 1. The van der Waals surface area contributed by atoms with E-state index < -0.39 is 0 Å². The standard InChI is InChI=1S/C17H28N2OS/c1-5-13-8-6-7-11-19(13)16(20)10-9-15-18-14(12-21-15)17(2,3)4/h12-13H,5-11H2,1-4H3. The minimum Gasteiger partial charge on any atom is -0.340 e. The molecule has 0 N–H and O–H groups in total. The van der Waals surface area contributed by atoms with Gasteiger partial charge in [0.15, 0.2) is 0 Å². The van der Waals surface area contributed by atoms with E-state index in [1.54, 1.807) is 11.3 Å². The summed E-state index contributed by atoms with van der Waals surface area (Å²) in [6.45, 7) is 9.67. The largest absolute Gasteiger partial charge is 0.340 e. The van der Waals surface area contributed by atoms with Gasteiger partial charge in [-0.2, -0.15) is 0 Å². The van der Waals surface area contributed by atoms with Crippen LogP contribution in [0.25, 0.3) is 0 Å². The molecule has 1 saturated heterocycles. The molecule has 2 heterocycles. The monoisotopic (exact) mass is 308 g/mol. The molecule has 0 aliphatic carbocycles. The Bertz CT molecular complexity index is 475. The molecule has 1 atom stereocenters. The maximum absolute atomic E-state index is 12.4. The Labute approximate surface area is 132 Å². The van der Waals surface area contributed by atoms with E-state index >= 15 is 0 Å². The molecule has 0 radical (unpaired) electrons. The number of carbonyl (C=O) groups is 1. The zero-order valence-electron chi connectivity index (χ0n) is 13.8. The van der Waals surface area contributed by atoms with Crippen molar-refractivity contribution in [1.29, 1.82) is 0 Å². The van der Waals surface area contributed by atoms with Crippen molar-refractivity contribution in [2.75, 3.05) is 6.54 Å². The van der Waals surface area contributed by atoms with Crippen LogP contribution in [0.2, 0.25) is 0 Å². The van der Waals surface area contributed by atoms with Gasteiger partial charge in [-0.15, -0.1) is 11.3 Å². The van der Waals surface area contributed by atoms with E-state index in [-0.39, 0.29) is 5.41 Å². The van der Waals surface area contributed by atoms with Crippen LogP contribution in [0.5, 0.6) is 0 Å². The number of aryl methyl sites for hydroxylation is 1. The normalized spacial score (nSPS) is 19.8. The van der Waals surface area contributed by atoms with Gasteiger partial charge in [-0.05, 0) is 25.7 Å². The summed E-state index contributed by atoms with van der Waals surface area (Å²) in [5.41, 5.74) is 1.23. The first-order valence-electron chi connectivity index (χ1n) is 8.16. The number of thiazole rings is 1. The molecule has 0 bridgehead atoms. The fourth-order valence-corrected chi connectivity index (χ4v) is 3.91. The van der Waals surface area contributed by atoms with Gasteiger partial charge < -0.3 is 4.90 Å². The Balaban J connectivity index is 1.90. The summed E-state index contributed by atoms with van der Waals surface area (Å²) in [7, 11) is 0. The Morgan fingerprint density at radius 2 is 2.19 bits per heavy atom. The van der Waals surface area contributed by atoms with Crippen molar-refractivity contribution in [3.05, 3.63) is 16.1 Å². The number of piperidine rings is 1. The first-order valence-corrected chi connectivity index (χ1v) is 9.04. The van der Waals surface area contributed by atoms with E-state index in [9.17, 15) is 4.79 Å². The lowest BCUT2D eigenvalue weighted by Gasteiger charge is -2.35. The Morgan fingerprint density at radius 3 is 2.81 bits per heavy atom. The average Bonchev–Trinajstić information content (AvgIpc) is 2.93. The van der Waals surface area contributed by atoms with Crippen molar-refractivity contribution in [2.24, 2.45) is 0 Å². The summed E-state index contributed by atoms with van der Waals surface area (Å²) in [5.74, 6) is 0.314. The van der Waals surface area contributed by atoms with E-state index in [4.69, 9.17) is 0 Å². The molecule has 1 fully saturated rings. The lowest BCUT2D eigenvalue weighted by atomic mass is 9.93. The molecule has 2 rings (SSSR count). The van der Waals surface area contributed by atoms with Crippen LogP contribution < -0.4 is 0 Å². The van der Waals surface area contributed by atoms with Crippen molar-refractivity contribution in [2.45, 2.75) is 77.7 Å². The molecule has 0 spiro atoms. The minimum absolute atomic E-state index is 0.0962. The fraction of sp³-hybridized carbons (Fsp3) is 0.765. The van der Waals surface area contributed by atoms with Gasteiger partial charge in [-0.3, -0.25) is 4.79 Å². The first kappa shape index (κ1) is 16.5. The molecule has 1 aromatic rings. The van der Waals surface area contributed by atoms with Crippen molar-refractivity contribution in [1.82, 2.24) is 9.88 Å². The van der Waals surface area contributed by atoms with Gasteiger partial charge in [0.1, 0.15) is 0 Å². The SMILES string of the molecule is CCC1CCCCN1C(=O)CCc1nc(C(C)(C)C)cs1. The summed E-state index contributed by atoms with van der Waals surface area (Å²) in [6, 6.07) is 0.465. The summed E-state index contributed by atoms with van der Waals surface area (Å²) in [5, 5.41) is 3.23. The van der Waals surface area contributed by atoms with Crippen LogP contribution >= 0.6 is 11.3 Å². The van der Waals surface area contributed by atoms with Crippen LogP contribution in [0.1, 0.15) is 70.5 Å². The number of nitrogens with zero attached hydrogens (tertiary/aromatic N) is 2. The third kappa shape index (κ3) is 4.29. The van der Waals surface area contributed by atoms with Gasteiger partial charge in [-0.1, -0.05) is 27.7 Å². The third-order valence-electron chi connectivity index (χ3n) is 4.29. The van der Waals surface area contributed by atoms with Gasteiger partial charge in [0.05, 0.1) is 10.7 Å². The van der Waals surface area contributed by atoms with Crippen LogP contribution in [0.15, 0.2) is 5.38 Å². The molecule has 1 aliphatic rings. The quantitative estimate of drug-likeness (QED) is 0.836. The number of hydrogen-bond acceptors (Lipinski definition) is 3. The summed E-state index contributed by atoms with van der Waals surface area (Å²) in [4.78, 5) is 19.2. The van der Waals surface area contributed by atoms with E-state index in [1.807, 2.05) is 0 Å². The van der Waals surface area contributed by atoms with Gasteiger partial charge in [-0.25, -0.2) is 4.98 Å². The third-order valence-corrected chi connectivity index (χ3v) is 5.20. The molecule has 1 amide bonds. The molecule has 1 aliphatic heterocycles. The van der Waals surface area contributed by atoms with Crippen molar-refractivity contribution in [3.63, 3.8) is 0 Å². The topological polar surface area (TPSA) is 33.2 Å². The number of aromatic nitrogens is 1. The number of likely N-dealkylation sites (tertiary alicyclic amines) is 1. The van der Waals surface area contributed by atoms with E-state index in [0.717, 1.165) is 36.5 Å². The van der Waals surface area contributed by atoms with Crippen molar-refractivity contribution >= 4 is 17.2 Å². The summed E-state index contributed by atoms with van der Waals surface area (Å²) >= 11 is 1.69. The zero-order valence-corrected chi connectivity index (χ0v) is 14.6. The molecule has 21 heavy (non-hydrogen) atoms. The maximum Gasteiger partial charge on any atom is 0.223 e. The first-order chi connectivity index (χ1) is 9.91. The molecule has 0 saturated carbocycles. The molecular formula is C17H28N2OS. The van der Waals surface area contributed by atoms with Crippen molar-refractivity contribution < 1.29 is 4.79 Å². The second kappa shape index (κ2) is 6.91. The highest BCUT2D eigenvalue weighted by Crippen LogP contribution is 2.25. The second-order valence-electron chi connectivity index (χ2n) is 7.02. The van der Waals surface area contributed by atoms with E-state index in [1.165, 1.54) is 12.8 Å². The van der Waals surface area contributed by atoms with Gasteiger partial charge in [0.25, 0.3) is 0 Å². The van der Waals surface area contributed by atoms with E-state index in [0.29, 0.717) is 18.4 Å². The van der Waals surface area contributed by atoms with Crippen LogP contribution in [-0.4, -0.2) is 28.4 Å². The van der Waals surface area contributed by atoms with Crippen LogP contribution in [-0.2, 0) is 16.6 Å². The summed E-state index contributed by atoms with van der Waals surface area (Å²) in [6.07, 6.45) is 6.07. The predicted molar refractivity (Wildman–Crippen MR) is 88.8 cm³/mol. The Morgan fingerprint density at radius 1 is 1.43 bits per heavy atom. The lowest BCUT2D eigenvalue weighted by Crippen LogP contribution is -2.43. The highest BCUT2D eigenvalue weighted by Gasteiger charge is 2.25. The molecule has 3 nitrogen and oxygen atoms in total. The number of hydrogen-bond donors (Lipinski definition) is 0. The molecule has 4 heteroatoms. The van der Waals surface area contributed by atoms with Crippen LogP contribution in [0.4, 0.5) is 0 Å². The summed E-state index contributed by atoms with van der Waals surface area (Å²) < 4.78 is 0. The minimum atomic E-state index is 0.0962. The highest BCUT2D eigenvalue weighted by molar-refractivity contribution is 7.09. The fourth-order valence-electron chi connectivity index (χ4n) is 2.88. The van der Waals surface area contributed by atoms with Crippen LogP contribution in [0, 0.1) is 0 Å². The molecule has 1 aromatic heterocycles. The molecular weight excluding hydrogens is 280 g/mol. The van der Waals surface area contributed by atoms with Crippen molar-refractivity contribution in [3.8, 4) is 0 Å². The Hall–Kier alpha value is -0.900. The highest BCUT2D eigenvalue weighted by atomic mass is 32.1. The Kier molecular flexibility index (Phi) is 5.42. The smallest absolute Gasteiger partial charge is 0.223 e. The zero-order chi connectivity index (χ0) is 15.5. The molecule has 118 valence electrons. The van der Waals surface area contributed by atoms with Gasteiger partial charge >= 0.3 is 0 Å².